The summed E-state index contributed by atoms with van der Waals surface area (Å²) < 4.78 is 24.1. The minimum absolute atomic E-state index is 0.204. The third-order valence-corrected chi connectivity index (χ3v) is 5.70. The first kappa shape index (κ1) is 25.2. The van der Waals surface area contributed by atoms with Crippen LogP contribution in [-0.4, -0.2) is 11.0 Å². The van der Waals surface area contributed by atoms with E-state index in [-0.39, 0.29) is 11.5 Å². The topological polar surface area (TPSA) is 55.8 Å². The minimum atomic E-state index is -4.23. The molecule has 0 amide bonds. The number of phosphoric ester groups is 1. The van der Waals surface area contributed by atoms with E-state index in [0.29, 0.717) is 23.5 Å². The van der Waals surface area contributed by atoms with Crippen LogP contribution in [0.3, 0.4) is 0 Å². The van der Waals surface area contributed by atoms with Crippen molar-refractivity contribution >= 4 is 7.82 Å². The largest absolute Gasteiger partial charge is 0.527 e. The maximum atomic E-state index is 12.9. The normalized spacial score (nSPS) is 16.9. The molecule has 1 rings (SSSR count). The van der Waals surface area contributed by atoms with Crippen LogP contribution in [0, 0.1) is 24.7 Å². The minimum Gasteiger partial charge on any atom is -0.404 e. The van der Waals surface area contributed by atoms with Crippen LogP contribution in [0.15, 0.2) is 18.2 Å². The molecule has 0 aliphatic rings. The highest BCUT2D eigenvalue weighted by Crippen LogP contribution is 2.49. The summed E-state index contributed by atoms with van der Waals surface area (Å²) in [6.07, 6.45) is 2.26. The van der Waals surface area contributed by atoms with Crippen LogP contribution in [0.4, 0.5) is 0 Å². The van der Waals surface area contributed by atoms with Gasteiger partial charge in [0.25, 0.3) is 0 Å². The molecular formula is C23H41O4P. The second kappa shape index (κ2) is 10.3. The Morgan fingerprint density at radius 1 is 1.00 bits per heavy atom. The van der Waals surface area contributed by atoms with Gasteiger partial charge in [-0.3, -0.25) is 9.42 Å². The van der Waals surface area contributed by atoms with E-state index < -0.39 is 7.82 Å². The number of hydrogen-bond acceptors (Lipinski definition) is 3. The van der Waals surface area contributed by atoms with Crippen LogP contribution >= 0.6 is 7.82 Å². The maximum Gasteiger partial charge on any atom is 0.527 e. The monoisotopic (exact) mass is 412 g/mol. The molecule has 3 atom stereocenters. The number of benzene rings is 1. The van der Waals surface area contributed by atoms with E-state index in [2.05, 4.69) is 55.4 Å². The van der Waals surface area contributed by atoms with Crippen molar-refractivity contribution in [3.63, 3.8) is 0 Å². The van der Waals surface area contributed by atoms with Gasteiger partial charge < -0.3 is 4.52 Å². The molecule has 0 aromatic heterocycles. The lowest BCUT2D eigenvalue weighted by Crippen LogP contribution is -2.20. The number of hydrogen-bond donors (Lipinski definition) is 1. The Morgan fingerprint density at radius 2 is 1.57 bits per heavy atom. The van der Waals surface area contributed by atoms with Crippen molar-refractivity contribution in [2.75, 3.05) is 0 Å². The second-order valence-electron chi connectivity index (χ2n) is 10.1. The molecule has 162 valence electrons. The Kier molecular flexibility index (Phi) is 9.25. The Hall–Kier alpha value is -0.830. The van der Waals surface area contributed by atoms with Crippen LogP contribution in [0.5, 0.6) is 5.75 Å². The van der Waals surface area contributed by atoms with Crippen molar-refractivity contribution in [1.82, 2.24) is 0 Å². The third kappa shape index (κ3) is 9.11. The molecule has 0 bridgehead atoms. The predicted octanol–water partition coefficient (Wildman–Crippen LogP) is 7.28. The molecule has 4 nitrogen and oxygen atoms in total. The molecule has 0 saturated carbocycles. The molecule has 1 aromatic rings. The Labute approximate surface area is 172 Å². The van der Waals surface area contributed by atoms with Gasteiger partial charge >= 0.3 is 7.82 Å². The third-order valence-electron chi connectivity index (χ3n) is 4.71. The van der Waals surface area contributed by atoms with Gasteiger partial charge in [-0.25, -0.2) is 4.57 Å². The van der Waals surface area contributed by atoms with Gasteiger partial charge in [0.2, 0.25) is 0 Å². The first-order valence-corrected chi connectivity index (χ1v) is 12.0. The van der Waals surface area contributed by atoms with E-state index in [1.165, 1.54) is 0 Å². The standard InChI is InChI=1S/C23H41O4P/c1-16(2)12-19(6)14-20(13-17(3)4)26-28(24,25)27-22-11-10-18(5)15-21(22)23(7,8)9/h10-11,15-17,19-20H,12-14H2,1-9H3,(H,24,25). The highest BCUT2D eigenvalue weighted by Gasteiger charge is 2.32. The SMILES string of the molecule is Cc1ccc(OP(=O)(O)OC(CC(C)C)CC(C)CC(C)C)c(C(C)(C)C)c1. The van der Waals surface area contributed by atoms with Crippen molar-refractivity contribution in [3.8, 4) is 5.75 Å². The molecule has 0 radical (unpaired) electrons. The van der Waals surface area contributed by atoms with Gasteiger partial charge in [-0.2, -0.15) is 0 Å². The van der Waals surface area contributed by atoms with E-state index >= 15 is 0 Å². The van der Waals surface area contributed by atoms with Gasteiger partial charge in [0, 0.05) is 5.56 Å². The molecule has 0 aliphatic heterocycles. The van der Waals surface area contributed by atoms with Crippen LogP contribution in [-0.2, 0) is 14.5 Å². The average molecular weight is 413 g/mol. The highest BCUT2D eigenvalue weighted by molar-refractivity contribution is 7.47. The lowest BCUT2D eigenvalue weighted by atomic mass is 9.85. The summed E-state index contributed by atoms with van der Waals surface area (Å²) >= 11 is 0. The average Bonchev–Trinajstić information content (AvgIpc) is 2.45. The fraction of sp³-hybridized carbons (Fsp3) is 0.739. The lowest BCUT2D eigenvalue weighted by molar-refractivity contribution is 0.0993. The first-order valence-electron chi connectivity index (χ1n) is 10.5. The summed E-state index contributed by atoms with van der Waals surface area (Å²) in [4.78, 5) is 10.5. The summed E-state index contributed by atoms with van der Waals surface area (Å²) in [5, 5.41) is 0. The van der Waals surface area contributed by atoms with Crippen LogP contribution in [0.2, 0.25) is 0 Å². The van der Waals surface area contributed by atoms with Crippen molar-refractivity contribution in [2.24, 2.45) is 17.8 Å². The zero-order valence-electron chi connectivity index (χ0n) is 19.3. The molecule has 0 spiro atoms. The molecule has 28 heavy (non-hydrogen) atoms. The fourth-order valence-corrected chi connectivity index (χ4v) is 4.70. The van der Waals surface area contributed by atoms with Crippen LogP contribution in [0.1, 0.15) is 85.8 Å². The summed E-state index contributed by atoms with van der Waals surface area (Å²) in [5.41, 5.74) is 1.79. The molecule has 1 N–H and O–H groups in total. The van der Waals surface area contributed by atoms with E-state index in [1.54, 1.807) is 6.07 Å². The summed E-state index contributed by atoms with van der Waals surface area (Å²) in [5.74, 6) is 1.81. The Bertz CT molecular complexity index is 661. The number of phosphoric acid groups is 1. The van der Waals surface area contributed by atoms with E-state index in [9.17, 15) is 9.46 Å². The maximum absolute atomic E-state index is 12.9. The van der Waals surface area contributed by atoms with Crippen LogP contribution in [0.25, 0.3) is 0 Å². The highest BCUT2D eigenvalue weighted by atomic mass is 31.2. The van der Waals surface area contributed by atoms with Crippen molar-refractivity contribution in [2.45, 2.75) is 93.1 Å². The molecule has 0 aliphatic carbocycles. The molecule has 0 saturated heterocycles. The van der Waals surface area contributed by atoms with Crippen molar-refractivity contribution in [3.05, 3.63) is 29.3 Å². The first-order chi connectivity index (χ1) is 12.7. The smallest absolute Gasteiger partial charge is 0.404 e. The second-order valence-corrected chi connectivity index (χ2v) is 11.5. The predicted molar refractivity (Wildman–Crippen MR) is 118 cm³/mol. The van der Waals surface area contributed by atoms with E-state index in [4.69, 9.17) is 9.05 Å². The molecule has 1 aromatic carbocycles. The van der Waals surface area contributed by atoms with Gasteiger partial charge in [0.15, 0.2) is 0 Å². The van der Waals surface area contributed by atoms with Gasteiger partial charge in [-0.05, 0) is 55.4 Å². The summed E-state index contributed by atoms with van der Waals surface area (Å²) in [7, 11) is -4.23. The molecule has 5 heteroatoms. The zero-order valence-corrected chi connectivity index (χ0v) is 20.2. The van der Waals surface area contributed by atoms with E-state index in [0.717, 1.165) is 30.4 Å². The van der Waals surface area contributed by atoms with Crippen molar-refractivity contribution < 1.29 is 18.5 Å². The van der Waals surface area contributed by atoms with E-state index in [1.807, 2.05) is 19.1 Å². The zero-order chi connectivity index (χ0) is 21.7. The molecule has 0 fully saturated rings. The number of rotatable bonds is 10. The fourth-order valence-electron chi connectivity index (χ4n) is 3.70. The van der Waals surface area contributed by atoms with Crippen LogP contribution < -0.4 is 4.52 Å². The summed E-state index contributed by atoms with van der Waals surface area (Å²) in [6, 6.07) is 5.66. The van der Waals surface area contributed by atoms with Gasteiger partial charge in [0.05, 0.1) is 6.10 Å². The quantitative estimate of drug-likeness (QED) is 0.410. The Morgan fingerprint density at radius 3 is 2.07 bits per heavy atom. The molecule has 0 heterocycles. The van der Waals surface area contributed by atoms with Gasteiger partial charge in [-0.15, -0.1) is 0 Å². The molecular weight excluding hydrogens is 371 g/mol. The van der Waals surface area contributed by atoms with Gasteiger partial charge in [-0.1, -0.05) is 73.1 Å². The Balaban J connectivity index is 2.99. The lowest BCUT2D eigenvalue weighted by Gasteiger charge is -2.27. The van der Waals surface area contributed by atoms with Crippen molar-refractivity contribution in [1.29, 1.82) is 0 Å². The molecule has 3 unspecified atom stereocenters. The summed E-state index contributed by atoms with van der Waals surface area (Å²) in [6.45, 7) is 19.0. The number of aryl methyl sites for hydroxylation is 1. The van der Waals surface area contributed by atoms with Gasteiger partial charge in [0.1, 0.15) is 5.75 Å².